The number of amides is 2. The van der Waals surface area contributed by atoms with Gasteiger partial charge in [0.15, 0.2) is 5.78 Å². The minimum Gasteiger partial charge on any atom is -0.368 e. The van der Waals surface area contributed by atoms with Gasteiger partial charge in [-0.25, -0.2) is 4.39 Å². The number of halogens is 1. The zero-order valence-corrected chi connectivity index (χ0v) is 14.9. The molecule has 0 bridgehead atoms. The van der Waals surface area contributed by atoms with Crippen LogP contribution in [0.2, 0.25) is 0 Å². The monoisotopic (exact) mass is 369 g/mol. The Kier molecular flexibility index (Phi) is 5.49. The van der Waals surface area contributed by atoms with E-state index < -0.39 is 11.8 Å². The number of hydrogen-bond donors (Lipinski definition) is 1. The molecule has 7 heteroatoms. The number of anilines is 2. The first-order chi connectivity index (χ1) is 12.9. The SMILES string of the molecule is CC(=O)c1cccc(NC(=O)C(=O)N2CCN(c3ccc(F)cc3)CC2)c1. The topological polar surface area (TPSA) is 69.7 Å². The van der Waals surface area contributed by atoms with Crippen molar-refractivity contribution in [2.45, 2.75) is 6.92 Å². The molecule has 0 aromatic heterocycles. The fraction of sp³-hybridized carbons (Fsp3) is 0.250. The highest BCUT2D eigenvalue weighted by molar-refractivity contribution is 6.39. The number of nitrogens with one attached hydrogen (secondary N) is 1. The molecule has 0 radical (unpaired) electrons. The van der Waals surface area contributed by atoms with E-state index in [4.69, 9.17) is 0 Å². The van der Waals surface area contributed by atoms with Gasteiger partial charge in [0.05, 0.1) is 0 Å². The number of carbonyl (C=O) groups excluding carboxylic acids is 3. The lowest BCUT2D eigenvalue weighted by Gasteiger charge is -2.35. The molecule has 2 aromatic rings. The van der Waals surface area contributed by atoms with Crippen LogP contribution >= 0.6 is 0 Å². The van der Waals surface area contributed by atoms with E-state index in [0.29, 0.717) is 37.4 Å². The third-order valence-corrected chi connectivity index (χ3v) is 4.48. The predicted molar refractivity (Wildman–Crippen MR) is 100 cm³/mol. The maximum atomic E-state index is 13.0. The van der Waals surface area contributed by atoms with Crippen molar-refractivity contribution in [1.29, 1.82) is 0 Å². The van der Waals surface area contributed by atoms with Crippen LogP contribution in [-0.4, -0.2) is 48.7 Å². The summed E-state index contributed by atoms with van der Waals surface area (Å²) in [5, 5.41) is 2.55. The molecular weight excluding hydrogens is 349 g/mol. The number of ketones is 1. The molecule has 0 spiro atoms. The molecule has 0 saturated carbocycles. The van der Waals surface area contributed by atoms with E-state index in [0.717, 1.165) is 5.69 Å². The quantitative estimate of drug-likeness (QED) is 0.666. The molecule has 6 nitrogen and oxygen atoms in total. The van der Waals surface area contributed by atoms with Gasteiger partial charge in [-0.1, -0.05) is 12.1 Å². The largest absolute Gasteiger partial charge is 0.368 e. The van der Waals surface area contributed by atoms with E-state index in [2.05, 4.69) is 5.32 Å². The van der Waals surface area contributed by atoms with Crippen LogP contribution in [0.25, 0.3) is 0 Å². The summed E-state index contributed by atoms with van der Waals surface area (Å²) in [5.41, 5.74) is 1.76. The lowest BCUT2D eigenvalue weighted by molar-refractivity contribution is -0.143. The minimum absolute atomic E-state index is 0.116. The maximum Gasteiger partial charge on any atom is 0.313 e. The Hall–Kier alpha value is -3.22. The molecule has 0 atom stereocenters. The van der Waals surface area contributed by atoms with Crippen LogP contribution in [0.3, 0.4) is 0 Å². The second kappa shape index (κ2) is 7.99. The lowest BCUT2D eigenvalue weighted by atomic mass is 10.1. The molecule has 1 saturated heterocycles. The Bertz CT molecular complexity index is 859. The maximum absolute atomic E-state index is 13.0. The molecule has 2 aromatic carbocycles. The van der Waals surface area contributed by atoms with E-state index in [-0.39, 0.29) is 11.6 Å². The Morgan fingerprint density at radius 3 is 2.26 bits per heavy atom. The fourth-order valence-electron chi connectivity index (χ4n) is 2.96. The molecule has 140 valence electrons. The summed E-state index contributed by atoms with van der Waals surface area (Å²) in [4.78, 5) is 39.6. The normalized spacial score (nSPS) is 14.0. The molecule has 1 aliphatic heterocycles. The average molecular weight is 369 g/mol. The number of piperazine rings is 1. The first-order valence-corrected chi connectivity index (χ1v) is 8.66. The van der Waals surface area contributed by atoms with Crippen LogP contribution in [0.5, 0.6) is 0 Å². The zero-order valence-electron chi connectivity index (χ0n) is 14.9. The first-order valence-electron chi connectivity index (χ1n) is 8.66. The molecule has 1 fully saturated rings. The lowest BCUT2D eigenvalue weighted by Crippen LogP contribution is -2.51. The van der Waals surface area contributed by atoms with Crippen molar-refractivity contribution in [2.24, 2.45) is 0 Å². The highest BCUT2D eigenvalue weighted by Gasteiger charge is 2.26. The van der Waals surface area contributed by atoms with Gasteiger partial charge in [0, 0.05) is 43.1 Å². The van der Waals surface area contributed by atoms with Gasteiger partial charge in [0.25, 0.3) is 0 Å². The van der Waals surface area contributed by atoms with E-state index in [1.165, 1.54) is 24.0 Å². The number of rotatable bonds is 3. The first kappa shape index (κ1) is 18.6. The van der Waals surface area contributed by atoms with Crippen molar-refractivity contribution in [3.8, 4) is 0 Å². The van der Waals surface area contributed by atoms with Crippen LogP contribution in [0.1, 0.15) is 17.3 Å². The molecule has 1 heterocycles. The predicted octanol–water partition coefficient (Wildman–Crippen LogP) is 2.32. The van der Waals surface area contributed by atoms with Crippen molar-refractivity contribution < 1.29 is 18.8 Å². The van der Waals surface area contributed by atoms with E-state index in [1.807, 2.05) is 4.90 Å². The molecule has 1 aliphatic rings. The molecule has 0 unspecified atom stereocenters. The van der Waals surface area contributed by atoms with Crippen molar-refractivity contribution in [3.63, 3.8) is 0 Å². The van der Waals surface area contributed by atoms with E-state index in [1.54, 1.807) is 36.4 Å². The highest BCUT2D eigenvalue weighted by Crippen LogP contribution is 2.17. The van der Waals surface area contributed by atoms with Gasteiger partial charge in [-0.05, 0) is 43.3 Å². The van der Waals surface area contributed by atoms with Gasteiger partial charge in [-0.2, -0.15) is 0 Å². The Labute approximate surface area is 156 Å². The Morgan fingerprint density at radius 2 is 1.63 bits per heavy atom. The van der Waals surface area contributed by atoms with Crippen molar-refractivity contribution >= 4 is 29.0 Å². The van der Waals surface area contributed by atoms with Gasteiger partial charge in [0.1, 0.15) is 5.82 Å². The van der Waals surface area contributed by atoms with Crippen molar-refractivity contribution in [2.75, 3.05) is 36.4 Å². The Morgan fingerprint density at radius 1 is 0.963 bits per heavy atom. The summed E-state index contributed by atoms with van der Waals surface area (Å²) < 4.78 is 13.0. The fourth-order valence-corrected chi connectivity index (χ4v) is 2.96. The van der Waals surface area contributed by atoms with Crippen LogP contribution in [0, 0.1) is 5.82 Å². The number of Topliss-reactive ketones (excluding diaryl/α,β-unsaturated/α-hetero) is 1. The second-order valence-electron chi connectivity index (χ2n) is 6.35. The van der Waals surface area contributed by atoms with Crippen LogP contribution in [0.4, 0.5) is 15.8 Å². The number of carbonyl (C=O) groups is 3. The summed E-state index contributed by atoms with van der Waals surface area (Å²) in [5.74, 6) is -1.75. The summed E-state index contributed by atoms with van der Waals surface area (Å²) in [6, 6.07) is 12.7. The zero-order chi connectivity index (χ0) is 19.4. The van der Waals surface area contributed by atoms with E-state index >= 15 is 0 Å². The molecule has 2 amide bonds. The van der Waals surface area contributed by atoms with Crippen LogP contribution in [-0.2, 0) is 9.59 Å². The third kappa shape index (κ3) is 4.49. The third-order valence-electron chi connectivity index (χ3n) is 4.48. The average Bonchev–Trinajstić information content (AvgIpc) is 2.68. The van der Waals surface area contributed by atoms with Crippen molar-refractivity contribution in [3.05, 3.63) is 59.9 Å². The van der Waals surface area contributed by atoms with Gasteiger partial charge in [-0.3, -0.25) is 14.4 Å². The van der Waals surface area contributed by atoms with Crippen LogP contribution in [0.15, 0.2) is 48.5 Å². The summed E-state index contributed by atoms with van der Waals surface area (Å²) in [6.07, 6.45) is 0. The van der Waals surface area contributed by atoms with Gasteiger partial charge in [0.2, 0.25) is 0 Å². The molecule has 3 rings (SSSR count). The van der Waals surface area contributed by atoms with Gasteiger partial charge in [-0.15, -0.1) is 0 Å². The van der Waals surface area contributed by atoms with E-state index in [9.17, 15) is 18.8 Å². The molecule has 0 aliphatic carbocycles. The summed E-state index contributed by atoms with van der Waals surface area (Å²) in [6.45, 7) is 3.36. The standard InChI is InChI=1S/C20H20FN3O3/c1-14(25)15-3-2-4-17(13-15)22-19(26)20(27)24-11-9-23(10-12-24)18-7-5-16(21)6-8-18/h2-8,13H,9-12H2,1H3,(H,22,26). The van der Waals surface area contributed by atoms with Crippen LogP contribution < -0.4 is 10.2 Å². The second-order valence-corrected chi connectivity index (χ2v) is 6.35. The molecular formula is C20H20FN3O3. The Balaban J connectivity index is 1.57. The smallest absolute Gasteiger partial charge is 0.313 e. The van der Waals surface area contributed by atoms with Gasteiger partial charge >= 0.3 is 11.8 Å². The molecule has 27 heavy (non-hydrogen) atoms. The number of hydrogen-bond acceptors (Lipinski definition) is 4. The minimum atomic E-state index is -0.731. The highest BCUT2D eigenvalue weighted by atomic mass is 19.1. The summed E-state index contributed by atoms with van der Waals surface area (Å²) in [7, 11) is 0. The van der Waals surface area contributed by atoms with Crippen molar-refractivity contribution in [1.82, 2.24) is 4.90 Å². The summed E-state index contributed by atoms with van der Waals surface area (Å²) >= 11 is 0. The number of benzene rings is 2. The molecule has 1 N–H and O–H groups in total. The van der Waals surface area contributed by atoms with Gasteiger partial charge < -0.3 is 15.1 Å². The number of nitrogens with zero attached hydrogens (tertiary/aromatic N) is 2.